The Morgan fingerprint density at radius 2 is 1.58 bits per heavy atom. The highest BCUT2D eigenvalue weighted by Gasteiger charge is 2.48. The van der Waals surface area contributed by atoms with Crippen molar-refractivity contribution in [1.29, 1.82) is 0 Å². The number of aliphatic hydroxyl groups excluding tert-OH is 4. The molecule has 18 heteroatoms. The number of pyridine rings is 1. The summed E-state index contributed by atoms with van der Waals surface area (Å²) in [5.74, 6) is -0.209. The Hall–Kier alpha value is -3.97. The molecule has 200 valence electrons. The first-order chi connectivity index (χ1) is 18.2. The van der Waals surface area contributed by atoms with Gasteiger partial charge in [-0.2, -0.15) is 0 Å². The van der Waals surface area contributed by atoms with E-state index in [-0.39, 0.29) is 23.7 Å². The van der Waals surface area contributed by atoms with Gasteiger partial charge in [0, 0.05) is 12.0 Å². The van der Waals surface area contributed by atoms with E-state index in [1.807, 2.05) is 0 Å². The predicted molar refractivity (Wildman–Crippen MR) is 124 cm³/mol. The van der Waals surface area contributed by atoms with Crippen LogP contribution in [0.4, 0.5) is 5.69 Å². The molecule has 4 unspecified atom stereocenters. The number of aromatic nitrogens is 9. The summed E-state index contributed by atoms with van der Waals surface area (Å²) in [5, 5.41) is 55.3. The van der Waals surface area contributed by atoms with Crippen LogP contribution in [0.15, 0.2) is 20.4 Å². The number of rotatable bonds is 0. The third-order valence-corrected chi connectivity index (χ3v) is 7.77. The van der Waals surface area contributed by atoms with Crippen LogP contribution in [-0.4, -0.2) is 95.1 Å². The van der Waals surface area contributed by atoms with Gasteiger partial charge in [-0.05, 0) is 6.42 Å². The first-order valence-electron chi connectivity index (χ1n) is 11.9. The van der Waals surface area contributed by atoms with Crippen molar-refractivity contribution >= 4 is 28.0 Å². The third-order valence-electron chi connectivity index (χ3n) is 7.77. The number of hydrogen-bond acceptors (Lipinski definition) is 13. The number of aliphatic hydroxyl groups is 4. The lowest BCUT2D eigenvalue weighted by molar-refractivity contribution is -0.0351. The summed E-state index contributed by atoms with van der Waals surface area (Å²) in [6.07, 6.45) is -5.29. The highest BCUT2D eigenvalue weighted by atomic mass is 16.6. The highest BCUT2D eigenvalue weighted by molar-refractivity contribution is 5.83. The molecule has 1 saturated heterocycles. The Balaban J connectivity index is 0.000000127. The van der Waals surface area contributed by atoms with Crippen molar-refractivity contribution < 1.29 is 25.2 Å². The van der Waals surface area contributed by atoms with Crippen molar-refractivity contribution in [1.82, 2.24) is 44.1 Å². The molecule has 0 aromatic carbocycles. The van der Waals surface area contributed by atoms with E-state index in [1.54, 1.807) is 0 Å². The molecule has 1 aliphatic carbocycles. The number of nitrogen functional groups attached to an aromatic ring is 1. The number of aromatic amines is 1. The normalized spacial score (nSPS) is 32.7. The Labute approximate surface area is 209 Å². The number of anilines is 1. The smallest absolute Gasteiger partial charge is 0.330 e. The van der Waals surface area contributed by atoms with E-state index in [0.717, 1.165) is 0 Å². The minimum Gasteiger partial charge on any atom is -0.397 e. The van der Waals surface area contributed by atoms with Crippen LogP contribution in [0.25, 0.3) is 22.3 Å². The van der Waals surface area contributed by atoms with Crippen LogP contribution in [0, 0.1) is 5.92 Å². The summed E-state index contributed by atoms with van der Waals surface area (Å²) in [5.41, 5.74) is 5.54. The average Bonchev–Trinajstić information content (AvgIpc) is 3.55. The molecule has 3 aliphatic heterocycles. The average molecular weight is 530 g/mol. The summed E-state index contributed by atoms with van der Waals surface area (Å²) >= 11 is 0. The van der Waals surface area contributed by atoms with Crippen molar-refractivity contribution in [2.75, 3.05) is 5.73 Å². The molecule has 8 rings (SSSR count). The van der Waals surface area contributed by atoms with Gasteiger partial charge in [0.25, 0.3) is 11.1 Å². The number of nitrogens with zero attached hydrogens (tertiary/aromatic N) is 8. The predicted octanol–water partition coefficient (Wildman–Crippen LogP) is -4.61. The molecule has 4 aromatic heterocycles. The standard InChI is InChI=1S/2C10H11N5O4/c11-3-1-5(16)15-9-6(3)12-13-14(9)2-4-7(17)8(18)10(15)19-4;16-6-3-1-4(7(6)17)15-9-5(8(18)11-10(15)19)12-13-14(9)2-3/h1,4,7-8,10,17-18H,2,11H2;3-4,6-7,16-17H,1-2H2,(H,11,18,19)/t4-,7?,8?,10-;3-,4-,6?,7?/m11/s1. The van der Waals surface area contributed by atoms with Gasteiger partial charge >= 0.3 is 5.69 Å². The van der Waals surface area contributed by atoms with Gasteiger partial charge in [-0.3, -0.25) is 23.7 Å². The number of ether oxygens (including phenoxy) is 1. The van der Waals surface area contributed by atoms with Crippen LogP contribution in [0.5, 0.6) is 0 Å². The summed E-state index contributed by atoms with van der Waals surface area (Å²) in [6.45, 7) is 0.530. The second-order valence-electron chi connectivity index (χ2n) is 9.92. The van der Waals surface area contributed by atoms with E-state index in [4.69, 9.17) is 10.5 Å². The van der Waals surface area contributed by atoms with Crippen LogP contribution in [-0.2, 0) is 17.8 Å². The Bertz CT molecular complexity index is 1790. The fourth-order valence-corrected chi connectivity index (χ4v) is 5.94. The fourth-order valence-electron chi connectivity index (χ4n) is 5.94. The molecular weight excluding hydrogens is 508 g/mol. The van der Waals surface area contributed by atoms with Crippen molar-refractivity contribution in [2.45, 2.75) is 62.3 Å². The zero-order valence-corrected chi connectivity index (χ0v) is 19.4. The molecule has 0 amide bonds. The first-order valence-corrected chi connectivity index (χ1v) is 11.9. The Morgan fingerprint density at radius 1 is 0.895 bits per heavy atom. The number of fused-ring (bicyclic) bond motifs is 6. The van der Waals surface area contributed by atoms with E-state index in [9.17, 15) is 34.8 Å². The summed E-state index contributed by atoms with van der Waals surface area (Å²) in [4.78, 5) is 38.0. The van der Waals surface area contributed by atoms with Crippen LogP contribution in [0.2, 0.25) is 0 Å². The van der Waals surface area contributed by atoms with Gasteiger partial charge in [0.1, 0.15) is 24.4 Å². The minimum absolute atomic E-state index is 0.0776. The van der Waals surface area contributed by atoms with Crippen molar-refractivity contribution in [2.24, 2.45) is 5.92 Å². The molecule has 8 atom stereocenters. The largest absolute Gasteiger partial charge is 0.397 e. The van der Waals surface area contributed by atoms with E-state index < -0.39 is 59.6 Å². The maximum Gasteiger partial charge on any atom is 0.330 e. The molecular formula is C20H22N10O8. The lowest BCUT2D eigenvalue weighted by atomic mass is 10.1. The second kappa shape index (κ2) is 7.77. The van der Waals surface area contributed by atoms with Crippen LogP contribution < -0.4 is 22.5 Å². The monoisotopic (exact) mass is 530 g/mol. The topological polar surface area (TPSA) is 254 Å². The minimum atomic E-state index is -1.17. The molecule has 7 heterocycles. The lowest BCUT2D eigenvalue weighted by Crippen LogP contribution is -2.39. The molecule has 38 heavy (non-hydrogen) atoms. The summed E-state index contributed by atoms with van der Waals surface area (Å²) < 4.78 is 11.0. The van der Waals surface area contributed by atoms with E-state index in [2.05, 4.69) is 25.6 Å². The second-order valence-corrected chi connectivity index (χ2v) is 9.92. The fraction of sp³-hybridized carbons (Fsp3) is 0.550. The number of hydrogen-bond donors (Lipinski definition) is 6. The number of nitrogens with two attached hydrogens (primary N) is 1. The van der Waals surface area contributed by atoms with Gasteiger partial charge < -0.3 is 30.9 Å². The van der Waals surface area contributed by atoms with Gasteiger partial charge in [0.15, 0.2) is 28.6 Å². The summed E-state index contributed by atoms with van der Waals surface area (Å²) in [7, 11) is 0. The molecule has 0 spiro atoms. The molecule has 4 aliphatic rings. The molecule has 18 nitrogen and oxygen atoms in total. The molecule has 4 bridgehead atoms. The SMILES string of the molecule is Nc1cc(=O)n2c3c1nnn3C[C@H]1O[C@@H]2C(O)C1O.O=c1[nH]c(=O)n2c3c1nnn3C[C@H]1C[C@@H]2C(O)C1O. The zero-order valence-electron chi connectivity index (χ0n) is 19.4. The van der Waals surface area contributed by atoms with Crippen LogP contribution >= 0.6 is 0 Å². The van der Waals surface area contributed by atoms with Gasteiger partial charge in [0.2, 0.25) is 0 Å². The Morgan fingerprint density at radius 3 is 2.34 bits per heavy atom. The maximum absolute atomic E-state index is 12.1. The molecule has 4 aromatic rings. The lowest BCUT2D eigenvalue weighted by Gasteiger charge is -2.21. The molecule has 7 N–H and O–H groups in total. The zero-order chi connectivity index (χ0) is 26.6. The quantitative estimate of drug-likeness (QED) is 0.125. The number of nitrogens with one attached hydrogen (secondary N) is 1. The maximum atomic E-state index is 12.1. The van der Waals surface area contributed by atoms with Crippen LogP contribution in [0.3, 0.4) is 0 Å². The van der Waals surface area contributed by atoms with E-state index in [0.29, 0.717) is 29.8 Å². The van der Waals surface area contributed by atoms with Crippen molar-refractivity contribution in [3.8, 4) is 0 Å². The van der Waals surface area contributed by atoms with Gasteiger partial charge in [-0.15, -0.1) is 10.2 Å². The van der Waals surface area contributed by atoms with Crippen molar-refractivity contribution in [3.63, 3.8) is 0 Å². The van der Waals surface area contributed by atoms with Gasteiger partial charge in [-0.25, -0.2) is 14.2 Å². The first kappa shape index (κ1) is 23.2. The van der Waals surface area contributed by atoms with Gasteiger partial charge in [0.05, 0.1) is 30.9 Å². The van der Waals surface area contributed by atoms with E-state index in [1.165, 1.54) is 24.6 Å². The van der Waals surface area contributed by atoms with Gasteiger partial charge in [-0.1, -0.05) is 10.4 Å². The number of H-pyrrole nitrogens is 1. The van der Waals surface area contributed by atoms with Crippen LogP contribution in [0.1, 0.15) is 18.7 Å². The highest BCUT2D eigenvalue weighted by Crippen LogP contribution is 2.39. The molecule has 1 saturated carbocycles. The molecule has 0 radical (unpaired) electrons. The van der Waals surface area contributed by atoms with Crippen molar-refractivity contribution in [3.05, 3.63) is 37.3 Å². The Kier molecular flexibility index (Phi) is 4.74. The molecule has 2 fully saturated rings. The summed E-state index contributed by atoms with van der Waals surface area (Å²) in [6, 6.07) is 0.647. The third kappa shape index (κ3) is 2.96. The van der Waals surface area contributed by atoms with E-state index >= 15 is 0 Å².